The number of hydrogen-bond donors (Lipinski definition) is 0. The molecule has 2 aromatic rings. The van der Waals surface area contributed by atoms with E-state index in [1.54, 1.807) is 29.2 Å². The Morgan fingerprint density at radius 3 is 2.26 bits per heavy atom. The number of carbonyl (C=O) groups is 3. The van der Waals surface area contributed by atoms with E-state index < -0.39 is 0 Å². The van der Waals surface area contributed by atoms with E-state index in [0.29, 0.717) is 37.3 Å². The molecule has 3 amide bonds. The fraction of sp³-hybridized carbons (Fsp3) is 0.368. The van der Waals surface area contributed by atoms with E-state index in [2.05, 4.69) is 10.1 Å². The number of aryl methyl sites for hydroxylation is 1. The lowest BCUT2D eigenvalue weighted by Gasteiger charge is -2.34. The third-order valence-corrected chi connectivity index (χ3v) is 5.00. The Labute approximate surface area is 156 Å². The van der Waals surface area contributed by atoms with Gasteiger partial charge in [0.2, 0.25) is 5.91 Å². The third-order valence-electron chi connectivity index (χ3n) is 5.00. The summed E-state index contributed by atoms with van der Waals surface area (Å²) in [5.41, 5.74) is 0.818. The quantitative estimate of drug-likeness (QED) is 0.757. The molecule has 0 spiro atoms. The zero-order valence-corrected chi connectivity index (χ0v) is 15.1. The van der Waals surface area contributed by atoms with Crippen molar-refractivity contribution in [2.45, 2.75) is 13.3 Å². The molecule has 2 aliphatic rings. The second-order valence-electron chi connectivity index (χ2n) is 6.72. The van der Waals surface area contributed by atoms with E-state index in [-0.39, 0.29) is 30.7 Å². The molecule has 0 aliphatic carbocycles. The third kappa shape index (κ3) is 3.18. The highest BCUT2D eigenvalue weighted by molar-refractivity contribution is 6.21. The molecule has 1 aromatic heterocycles. The average molecular weight is 368 g/mol. The van der Waals surface area contributed by atoms with Crippen LogP contribution < -0.4 is 4.90 Å². The summed E-state index contributed by atoms with van der Waals surface area (Å²) in [5.74, 6) is 0.835. The summed E-state index contributed by atoms with van der Waals surface area (Å²) in [5, 5.41) is 4.00. The molecule has 0 radical (unpaired) electrons. The van der Waals surface area contributed by atoms with Crippen LogP contribution in [-0.4, -0.2) is 65.4 Å². The molecule has 0 saturated carbocycles. The van der Waals surface area contributed by atoms with E-state index in [9.17, 15) is 14.4 Å². The van der Waals surface area contributed by atoms with Crippen molar-refractivity contribution in [2.24, 2.45) is 0 Å². The minimum absolute atomic E-state index is 0.0532. The number of anilines is 1. The van der Waals surface area contributed by atoms with Gasteiger partial charge in [-0.3, -0.25) is 19.3 Å². The zero-order chi connectivity index (χ0) is 19.0. The second kappa shape index (κ2) is 6.86. The fourth-order valence-corrected chi connectivity index (χ4v) is 3.50. The van der Waals surface area contributed by atoms with Crippen molar-refractivity contribution in [1.29, 1.82) is 0 Å². The normalized spacial score (nSPS) is 16.9. The van der Waals surface area contributed by atoms with Crippen molar-refractivity contribution in [3.63, 3.8) is 0 Å². The first kappa shape index (κ1) is 17.3. The number of amides is 3. The molecule has 0 unspecified atom stereocenters. The lowest BCUT2D eigenvalue weighted by atomic mass is 10.1. The van der Waals surface area contributed by atoms with Gasteiger partial charge in [-0.05, 0) is 19.1 Å². The number of carbonyl (C=O) groups excluding carboxylic acids is 3. The summed E-state index contributed by atoms with van der Waals surface area (Å²) in [4.78, 5) is 42.2. The molecule has 1 aromatic carbocycles. The fourth-order valence-electron chi connectivity index (χ4n) is 3.50. The minimum Gasteiger partial charge on any atom is -0.360 e. The molecule has 27 heavy (non-hydrogen) atoms. The van der Waals surface area contributed by atoms with Crippen molar-refractivity contribution in [1.82, 2.24) is 15.0 Å². The van der Waals surface area contributed by atoms with Gasteiger partial charge in [-0.1, -0.05) is 17.3 Å². The van der Waals surface area contributed by atoms with Gasteiger partial charge in [0.05, 0.1) is 11.1 Å². The van der Waals surface area contributed by atoms with Crippen LogP contribution in [0.15, 0.2) is 34.9 Å². The molecule has 0 N–H and O–H groups in total. The van der Waals surface area contributed by atoms with Gasteiger partial charge in [-0.15, -0.1) is 0 Å². The van der Waals surface area contributed by atoms with Crippen LogP contribution in [0.5, 0.6) is 0 Å². The van der Waals surface area contributed by atoms with Gasteiger partial charge in [-0.2, -0.15) is 0 Å². The van der Waals surface area contributed by atoms with E-state index in [1.165, 1.54) is 0 Å². The maximum absolute atomic E-state index is 12.5. The van der Waals surface area contributed by atoms with Crippen LogP contribution >= 0.6 is 0 Å². The highest BCUT2D eigenvalue weighted by atomic mass is 16.5. The molecule has 0 atom stereocenters. The van der Waals surface area contributed by atoms with Gasteiger partial charge in [0.15, 0.2) is 5.82 Å². The summed E-state index contributed by atoms with van der Waals surface area (Å²) in [6.45, 7) is 4.44. The zero-order valence-electron chi connectivity index (χ0n) is 15.1. The van der Waals surface area contributed by atoms with E-state index >= 15 is 0 Å². The molecule has 8 nitrogen and oxygen atoms in total. The number of piperazine rings is 1. The standard InChI is InChI=1S/C19H20N4O4/c1-13-12-16(20-27-13)21-8-10-22(11-9-21)17(24)6-7-23-18(25)14-4-2-3-5-15(14)19(23)26/h2-5,12H,6-11H2,1H3. The van der Waals surface area contributed by atoms with Crippen molar-refractivity contribution in [3.8, 4) is 0 Å². The molecule has 1 fully saturated rings. The Balaban J connectivity index is 1.31. The first-order valence-electron chi connectivity index (χ1n) is 8.96. The van der Waals surface area contributed by atoms with Gasteiger partial charge in [0, 0.05) is 45.2 Å². The van der Waals surface area contributed by atoms with Gasteiger partial charge >= 0.3 is 0 Å². The number of nitrogens with zero attached hydrogens (tertiary/aromatic N) is 4. The summed E-state index contributed by atoms with van der Waals surface area (Å²) < 4.78 is 5.09. The summed E-state index contributed by atoms with van der Waals surface area (Å²) in [6.07, 6.45) is 0.133. The van der Waals surface area contributed by atoms with Crippen molar-refractivity contribution in [3.05, 3.63) is 47.2 Å². The number of imide groups is 1. The summed E-state index contributed by atoms with van der Waals surface area (Å²) >= 11 is 0. The molecule has 140 valence electrons. The maximum atomic E-state index is 12.5. The molecular formula is C19H20N4O4. The van der Waals surface area contributed by atoms with E-state index in [0.717, 1.165) is 16.5 Å². The van der Waals surface area contributed by atoms with Crippen LogP contribution in [0.1, 0.15) is 32.9 Å². The van der Waals surface area contributed by atoms with E-state index in [4.69, 9.17) is 4.52 Å². The second-order valence-corrected chi connectivity index (χ2v) is 6.72. The lowest BCUT2D eigenvalue weighted by Crippen LogP contribution is -2.49. The van der Waals surface area contributed by atoms with Crippen molar-refractivity contribution >= 4 is 23.5 Å². The molecule has 2 aliphatic heterocycles. The molecule has 0 bridgehead atoms. The minimum atomic E-state index is -0.324. The van der Waals surface area contributed by atoms with Crippen molar-refractivity contribution < 1.29 is 18.9 Å². The van der Waals surface area contributed by atoms with Crippen LogP contribution in [-0.2, 0) is 4.79 Å². The Kier molecular flexibility index (Phi) is 4.39. The monoisotopic (exact) mass is 368 g/mol. The van der Waals surface area contributed by atoms with Gasteiger partial charge in [0.1, 0.15) is 5.76 Å². The Morgan fingerprint density at radius 1 is 1.07 bits per heavy atom. The molecule has 3 heterocycles. The lowest BCUT2D eigenvalue weighted by molar-refractivity contribution is -0.131. The predicted octanol–water partition coefficient (Wildman–Crippen LogP) is 1.32. The van der Waals surface area contributed by atoms with Crippen LogP contribution in [0, 0.1) is 6.92 Å². The first-order valence-corrected chi connectivity index (χ1v) is 8.96. The Bertz CT molecular complexity index is 864. The van der Waals surface area contributed by atoms with Gasteiger partial charge in [0.25, 0.3) is 11.8 Å². The highest BCUT2D eigenvalue weighted by Gasteiger charge is 2.35. The number of hydrogen-bond acceptors (Lipinski definition) is 6. The van der Waals surface area contributed by atoms with Crippen LogP contribution in [0.2, 0.25) is 0 Å². The number of aromatic nitrogens is 1. The highest BCUT2D eigenvalue weighted by Crippen LogP contribution is 2.23. The number of fused-ring (bicyclic) bond motifs is 1. The molecule has 8 heteroatoms. The first-order chi connectivity index (χ1) is 13.0. The average Bonchev–Trinajstić information content (AvgIpc) is 3.23. The van der Waals surface area contributed by atoms with Crippen LogP contribution in [0.25, 0.3) is 0 Å². The predicted molar refractivity (Wildman–Crippen MR) is 96.5 cm³/mol. The Hall–Kier alpha value is -3.16. The van der Waals surface area contributed by atoms with Crippen LogP contribution in [0.4, 0.5) is 5.82 Å². The maximum Gasteiger partial charge on any atom is 0.261 e. The van der Waals surface area contributed by atoms with Gasteiger partial charge < -0.3 is 14.3 Å². The number of rotatable bonds is 4. The molecule has 4 rings (SSSR count). The largest absolute Gasteiger partial charge is 0.360 e. The van der Waals surface area contributed by atoms with Crippen molar-refractivity contribution in [2.75, 3.05) is 37.6 Å². The summed E-state index contributed by atoms with van der Waals surface area (Å²) in [6, 6.07) is 8.62. The molecular weight excluding hydrogens is 348 g/mol. The van der Waals surface area contributed by atoms with Gasteiger partial charge in [-0.25, -0.2) is 0 Å². The SMILES string of the molecule is Cc1cc(N2CCN(C(=O)CCN3C(=O)c4ccccc4C3=O)CC2)no1. The van der Waals surface area contributed by atoms with E-state index in [1.807, 2.05) is 13.0 Å². The number of benzene rings is 1. The summed E-state index contributed by atoms with van der Waals surface area (Å²) in [7, 11) is 0. The Morgan fingerprint density at radius 2 is 1.70 bits per heavy atom. The molecule has 1 saturated heterocycles. The topological polar surface area (TPSA) is 87.0 Å². The van der Waals surface area contributed by atoms with Crippen LogP contribution in [0.3, 0.4) is 0 Å². The smallest absolute Gasteiger partial charge is 0.261 e.